The molecule has 6 nitrogen and oxygen atoms in total. The maximum atomic E-state index is 15.4. The molecule has 2 N–H and O–H groups in total. The van der Waals surface area contributed by atoms with Crippen molar-refractivity contribution in [3.63, 3.8) is 0 Å². The van der Waals surface area contributed by atoms with Gasteiger partial charge >= 0.3 is 228 Å². The molecule has 0 fully saturated rings. The van der Waals surface area contributed by atoms with E-state index in [1.54, 1.807) is 42.7 Å². The molecule has 0 amide bonds. The van der Waals surface area contributed by atoms with Crippen LogP contribution in [0, 0.1) is 11.6 Å². The molecule has 12 heteroatoms. The number of Topliss-reactive ketones (excluding diaryl/α,β-unsaturated/α-hetero) is 1. The minimum atomic E-state index is -3.94. The molecule has 0 aliphatic carbocycles. The van der Waals surface area contributed by atoms with E-state index in [1.165, 1.54) is 6.08 Å². The normalized spacial score (nSPS) is 14.8. The van der Waals surface area contributed by atoms with E-state index in [0.717, 1.165) is 20.8 Å². The van der Waals surface area contributed by atoms with Crippen LogP contribution in [0.3, 0.4) is 0 Å². The molecule has 3 aromatic rings. The quantitative estimate of drug-likeness (QED) is 0.113. The van der Waals surface area contributed by atoms with Gasteiger partial charge in [0.1, 0.15) is 0 Å². The topological polar surface area (TPSA) is 80.6 Å². The number of quaternary nitrogens is 1. The van der Waals surface area contributed by atoms with Crippen LogP contribution in [-0.4, -0.2) is 28.8 Å². The molecule has 1 atom stereocenters. The number of sulfonamides is 1. The number of halogens is 5. The summed E-state index contributed by atoms with van der Waals surface area (Å²) in [6, 6.07) is 10.6. The fourth-order valence-corrected chi connectivity index (χ4v) is 7.27. The van der Waals surface area contributed by atoms with Crippen LogP contribution in [-0.2, 0) is 10.0 Å². The number of ketones is 1. The van der Waals surface area contributed by atoms with Crippen LogP contribution in [0.25, 0.3) is 16.7 Å². The summed E-state index contributed by atoms with van der Waals surface area (Å²) in [6.45, 7) is 3.46. The summed E-state index contributed by atoms with van der Waals surface area (Å²) in [4.78, 5) is 18.1. The first-order valence-electron chi connectivity index (χ1n) is 10.8. The zero-order valence-corrected chi connectivity index (χ0v) is 23.6. The molecule has 0 radical (unpaired) electrons. The molecule has 1 aliphatic rings. The minimum absolute atomic E-state index is 0.0580. The number of hydrogen-bond donors (Lipinski definition) is 2. The first kappa shape index (κ1) is 27.6. The Bertz CT molecular complexity index is 1520. The van der Waals surface area contributed by atoms with Crippen molar-refractivity contribution in [1.82, 2.24) is 4.98 Å². The number of nitrogens with one attached hydrogen (secondary N) is 2. The van der Waals surface area contributed by atoms with E-state index < -0.39 is 60.2 Å². The van der Waals surface area contributed by atoms with Crippen LogP contribution >= 0.6 is 23.2 Å². The van der Waals surface area contributed by atoms with Gasteiger partial charge in [-0.15, -0.1) is 6.58 Å². The first-order chi connectivity index (χ1) is 17.6. The van der Waals surface area contributed by atoms with Gasteiger partial charge < -0.3 is 0 Å². The number of fused-ring (bicyclic) bond motifs is 1. The molecule has 0 saturated carbocycles. The molecule has 1 aliphatic heterocycles. The molecule has 1 unspecified atom stereocenters. The van der Waals surface area contributed by atoms with Gasteiger partial charge in [0, 0.05) is 0 Å². The number of aromatic nitrogens is 1. The van der Waals surface area contributed by atoms with Crippen molar-refractivity contribution >= 4 is 56.1 Å². The van der Waals surface area contributed by atoms with E-state index in [-0.39, 0.29) is 17.7 Å². The van der Waals surface area contributed by atoms with Crippen molar-refractivity contribution in [3.8, 4) is 11.1 Å². The van der Waals surface area contributed by atoms with Crippen LogP contribution in [0.15, 0.2) is 67.5 Å². The molecule has 1 aromatic heterocycles. The number of anilines is 1. The molecular weight excluding hydrogens is 658 g/mol. The molecule has 4 rings (SSSR count). The number of rotatable bonds is 10. The standard InChI is InChI=1S/C25H20Cl2F2IN3O3S/c1-2-3-10-37(35,36)32-21-9-8-20(28)22(23(21)29)24(34)19-13-33(30-14-26)25-18(19)11-16(12-31-25)15-4-6-17(27)7-5-15/h2,4-9,11-13,32-33H,1,3,10,14H2. The predicted octanol–water partition coefficient (Wildman–Crippen LogP) is 1.95. The fraction of sp³-hybridized carbons (Fsp3) is 0.120. The van der Waals surface area contributed by atoms with Gasteiger partial charge in [-0.2, -0.15) is 0 Å². The van der Waals surface area contributed by atoms with Crippen LogP contribution < -0.4 is 29.3 Å². The van der Waals surface area contributed by atoms with Gasteiger partial charge in [-0.25, -0.2) is 0 Å². The number of allylic oxidation sites excluding steroid dienone is 2. The third kappa shape index (κ3) is 6.04. The summed E-state index contributed by atoms with van der Waals surface area (Å²) in [7, 11) is -3.94. The van der Waals surface area contributed by atoms with Gasteiger partial charge in [0.2, 0.25) is 0 Å². The molecular formula is C25H20Cl2F2IN3O3S. The van der Waals surface area contributed by atoms with Crippen molar-refractivity contribution in [2.75, 3.05) is 14.4 Å². The number of hydrogen-bond acceptors (Lipinski definition) is 4. The second-order valence-electron chi connectivity index (χ2n) is 7.88. The van der Waals surface area contributed by atoms with Crippen LogP contribution in [0.4, 0.5) is 20.3 Å². The predicted molar refractivity (Wildman–Crippen MR) is 137 cm³/mol. The van der Waals surface area contributed by atoms with Crippen LogP contribution in [0.1, 0.15) is 22.3 Å². The van der Waals surface area contributed by atoms with E-state index in [0.29, 0.717) is 25.9 Å². The summed E-state index contributed by atoms with van der Waals surface area (Å²) < 4.78 is 58.0. The van der Waals surface area contributed by atoms with Crippen LogP contribution in [0.2, 0.25) is 5.02 Å². The molecule has 2 heterocycles. The van der Waals surface area contributed by atoms with Gasteiger partial charge in [0.05, 0.1) is 0 Å². The third-order valence-electron chi connectivity index (χ3n) is 5.47. The number of carbonyl (C=O) groups excluding carboxylic acids is 1. The van der Waals surface area contributed by atoms with Crippen molar-refractivity contribution in [2.24, 2.45) is 0 Å². The summed E-state index contributed by atoms with van der Waals surface area (Å²) in [5.74, 6) is -3.13. The average Bonchev–Trinajstić information content (AvgIpc) is 3.23. The van der Waals surface area contributed by atoms with E-state index in [2.05, 4.69) is 16.3 Å². The Balaban J connectivity index is 1.76. The average molecular weight is 678 g/mol. The Morgan fingerprint density at radius 1 is 1.16 bits per heavy atom. The van der Waals surface area contributed by atoms with E-state index in [1.807, 2.05) is 0 Å². The van der Waals surface area contributed by atoms with Gasteiger partial charge in [-0.3, -0.25) is 0 Å². The van der Waals surface area contributed by atoms with Crippen molar-refractivity contribution in [3.05, 3.63) is 95.3 Å². The van der Waals surface area contributed by atoms with Gasteiger partial charge in [0.15, 0.2) is 0 Å². The van der Waals surface area contributed by atoms with Crippen molar-refractivity contribution < 1.29 is 46.6 Å². The number of pyridine rings is 1. The van der Waals surface area contributed by atoms with Gasteiger partial charge in [-0.1, -0.05) is 0 Å². The van der Waals surface area contributed by atoms with Crippen LogP contribution in [0.5, 0.6) is 0 Å². The number of alkyl halides is 2. The second-order valence-corrected chi connectivity index (χ2v) is 14.0. The Kier molecular flexibility index (Phi) is 8.64. The Morgan fingerprint density at radius 3 is 2.57 bits per heavy atom. The molecule has 2 aromatic carbocycles. The maximum absolute atomic E-state index is 15.4. The summed E-state index contributed by atoms with van der Waals surface area (Å²) in [6.07, 6.45) is 4.77. The molecule has 37 heavy (non-hydrogen) atoms. The summed E-state index contributed by atoms with van der Waals surface area (Å²) in [5, 5.41) is 0.557. The van der Waals surface area contributed by atoms with Gasteiger partial charge in [0.25, 0.3) is 0 Å². The van der Waals surface area contributed by atoms with Gasteiger partial charge in [-0.05, 0) is 0 Å². The van der Waals surface area contributed by atoms with E-state index in [9.17, 15) is 17.6 Å². The monoisotopic (exact) mass is 677 g/mol. The molecule has 0 saturated heterocycles. The van der Waals surface area contributed by atoms with Crippen molar-refractivity contribution in [1.29, 1.82) is 0 Å². The zero-order valence-electron chi connectivity index (χ0n) is 19.1. The van der Waals surface area contributed by atoms with E-state index >= 15 is 4.39 Å². The third-order valence-corrected chi connectivity index (χ3v) is 9.63. The fourth-order valence-electron chi connectivity index (χ4n) is 3.71. The Hall–Kier alpha value is -2.38. The first-order valence-corrected chi connectivity index (χ1v) is 16.0. The summed E-state index contributed by atoms with van der Waals surface area (Å²) in [5.41, 5.74) is 0.585. The molecule has 0 spiro atoms. The summed E-state index contributed by atoms with van der Waals surface area (Å²) >= 11 is 11.3. The zero-order chi connectivity index (χ0) is 26.7. The second kappa shape index (κ2) is 11.6. The van der Waals surface area contributed by atoms with Crippen molar-refractivity contribution in [2.45, 2.75) is 6.42 Å². The molecule has 194 valence electrons. The number of carbonyl (C=O) groups is 1. The molecule has 0 bridgehead atoms. The number of benzene rings is 2. The SMILES string of the molecule is C=CCCS(=O)(=O)Nc1ccc(F)c(C(=O)C2=C[NH+]([I-]CCl)c3ncc(-c4ccc(Cl)cc4)cc32)c1F. The Labute approximate surface area is 233 Å². The Morgan fingerprint density at radius 2 is 1.89 bits per heavy atom. The number of nitrogens with zero attached hydrogens (tertiary/aromatic N) is 1. The van der Waals surface area contributed by atoms with E-state index in [4.69, 9.17) is 23.2 Å².